The lowest BCUT2D eigenvalue weighted by Gasteiger charge is -2.23. The minimum atomic E-state index is 0.733. The summed E-state index contributed by atoms with van der Waals surface area (Å²) in [5.41, 5.74) is 2.48. The largest absolute Gasteiger partial charge is 0.383 e. The molecule has 1 aliphatic rings. The number of nitrogens with one attached hydrogen (secondary N) is 1. The summed E-state index contributed by atoms with van der Waals surface area (Å²) in [7, 11) is 1.72. The molecule has 0 aromatic heterocycles. The first-order chi connectivity index (χ1) is 9.22. The van der Waals surface area contributed by atoms with Crippen molar-refractivity contribution in [3.63, 3.8) is 0 Å². The molecule has 0 aliphatic carbocycles. The van der Waals surface area contributed by atoms with Crippen LogP contribution in [-0.2, 0) is 11.3 Å². The van der Waals surface area contributed by atoms with Crippen LogP contribution in [-0.4, -0.2) is 33.4 Å². The van der Waals surface area contributed by atoms with Crippen molar-refractivity contribution in [1.82, 2.24) is 5.32 Å². The number of hydrogen-bond donors (Lipinski definition) is 1. The van der Waals surface area contributed by atoms with E-state index in [9.17, 15) is 0 Å². The van der Waals surface area contributed by atoms with Crippen LogP contribution in [0, 0.1) is 5.92 Å². The van der Waals surface area contributed by atoms with E-state index in [2.05, 4.69) is 23.2 Å². The maximum absolute atomic E-state index is 6.40. The first-order valence-corrected chi connectivity index (χ1v) is 7.32. The first-order valence-electron chi connectivity index (χ1n) is 6.94. The van der Waals surface area contributed by atoms with Crippen LogP contribution in [0.25, 0.3) is 0 Å². The number of halogens is 1. The van der Waals surface area contributed by atoms with E-state index in [1.165, 1.54) is 17.7 Å². The average Bonchev–Trinajstić information content (AvgIpc) is 2.81. The van der Waals surface area contributed by atoms with E-state index in [0.717, 1.165) is 43.7 Å². The molecule has 1 unspecified atom stereocenters. The number of methoxy groups -OCH3 is 1. The first kappa shape index (κ1) is 14.6. The predicted molar refractivity (Wildman–Crippen MR) is 81.0 cm³/mol. The maximum atomic E-state index is 6.40. The van der Waals surface area contributed by atoms with Gasteiger partial charge in [-0.05, 0) is 24.0 Å². The van der Waals surface area contributed by atoms with Gasteiger partial charge in [-0.1, -0.05) is 30.7 Å². The van der Waals surface area contributed by atoms with Gasteiger partial charge < -0.3 is 15.0 Å². The molecule has 0 saturated carbocycles. The van der Waals surface area contributed by atoms with Crippen LogP contribution < -0.4 is 10.2 Å². The molecule has 0 amide bonds. The number of benzene rings is 1. The van der Waals surface area contributed by atoms with Gasteiger partial charge in [0.15, 0.2) is 0 Å². The quantitative estimate of drug-likeness (QED) is 0.812. The second kappa shape index (κ2) is 7.13. The van der Waals surface area contributed by atoms with Crippen molar-refractivity contribution in [2.24, 2.45) is 5.92 Å². The molecule has 1 fully saturated rings. The number of ether oxygens (including phenoxy) is 1. The van der Waals surface area contributed by atoms with E-state index in [-0.39, 0.29) is 0 Å². The summed E-state index contributed by atoms with van der Waals surface area (Å²) in [4.78, 5) is 2.42. The highest BCUT2D eigenvalue weighted by Crippen LogP contribution is 2.33. The Morgan fingerprint density at radius 2 is 2.32 bits per heavy atom. The van der Waals surface area contributed by atoms with Crippen LogP contribution >= 0.6 is 11.6 Å². The Morgan fingerprint density at radius 3 is 3.00 bits per heavy atom. The number of rotatable bonds is 6. The zero-order chi connectivity index (χ0) is 13.7. The second-order valence-corrected chi connectivity index (χ2v) is 5.66. The molecular formula is C15H23ClN2O. The van der Waals surface area contributed by atoms with Crippen LogP contribution in [0.5, 0.6) is 0 Å². The van der Waals surface area contributed by atoms with Crippen molar-refractivity contribution >= 4 is 17.3 Å². The van der Waals surface area contributed by atoms with Crippen molar-refractivity contribution < 1.29 is 4.74 Å². The van der Waals surface area contributed by atoms with Gasteiger partial charge in [0.2, 0.25) is 0 Å². The average molecular weight is 283 g/mol. The third-order valence-corrected chi connectivity index (χ3v) is 3.91. The monoisotopic (exact) mass is 282 g/mol. The molecule has 4 heteroatoms. The summed E-state index contributed by atoms with van der Waals surface area (Å²) in [5, 5.41) is 4.26. The number of hydrogen-bond acceptors (Lipinski definition) is 3. The molecule has 106 valence electrons. The van der Waals surface area contributed by atoms with Gasteiger partial charge in [0.1, 0.15) is 0 Å². The Balaban J connectivity index is 2.07. The van der Waals surface area contributed by atoms with Crippen LogP contribution in [0.3, 0.4) is 0 Å². The fourth-order valence-corrected chi connectivity index (χ4v) is 2.91. The molecule has 0 spiro atoms. The number of nitrogens with zero attached hydrogens (tertiary/aromatic N) is 1. The highest BCUT2D eigenvalue weighted by Gasteiger charge is 2.22. The van der Waals surface area contributed by atoms with Gasteiger partial charge in [-0.25, -0.2) is 0 Å². The minimum Gasteiger partial charge on any atom is -0.383 e. The summed E-state index contributed by atoms with van der Waals surface area (Å²) in [5.74, 6) is 0.755. The molecule has 1 atom stereocenters. The molecule has 2 rings (SSSR count). The molecule has 1 aromatic rings. The zero-order valence-corrected chi connectivity index (χ0v) is 12.5. The van der Waals surface area contributed by atoms with Crippen LogP contribution in [0.2, 0.25) is 5.02 Å². The molecule has 0 bridgehead atoms. The summed E-state index contributed by atoms with van der Waals surface area (Å²) in [6, 6.07) is 6.17. The smallest absolute Gasteiger partial charge is 0.0642 e. The molecule has 1 aliphatic heterocycles. The van der Waals surface area contributed by atoms with Gasteiger partial charge in [0.05, 0.1) is 17.3 Å². The Hall–Kier alpha value is -0.770. The molecule has 1 aromatic carbocycles. The van der Waals surface area contributed by atoms with E-state index in [1.54, 1.807) is 7.11 Å². The predicted octanol–water partition coefficient (Wildman–Crippen LogP) is 2.92. The van der Waals surface area contributed by atoms with Crippen LogP contribution in [0.15, 0.2) is 18.2 Å². The Bertz CT molecular complexity index is 411. The van der Waals surface area contributed by atoms with E-state index in [0.29, 0.717) is 0 Å². The Morgan fingerprint density at radius 1 is 1.47 bits per heavy atom. The topological polar surface area (TPSA) is 24.5 Å². The van der Waals surface area contributed by atoms with E-state index in [4.69, 9.17) is 16.3 Å². The molecule has 19 heavy (non-hydrogen) atoms. The molecule has 1 saturated heterocycles. The summed E-state index contributed by atoms with van der Waals surface area (Å²) in [6.07, 6.45) is 1.25. The van der Waals surface area contributed by atoms with Crippen molar-refractivity contribution in [2.45, 2.75) is 19.9 Å². The fourth-order valence-electron chi connectivity index (χ4n) is 2.59. The summed E-state index contributed by atoms with van der Waals surface area (Å²) < 4.78 is 5.05. The van der Waals surface area contributed by atoms with Crippen molar-refractivity contribution in [3.8, 4) is 0 Å². The van der Waals surface area contributed by atoms with Crippen LogP contribution in [0.4, 0.5) is 5.69 Å². The normalized spacial score (nSPS) is 19.1. The van der Waals surface area contributed by atoms with Gasteiger partial charge in [0.25, 0.3) is 0 Å². The highest BCUT2D eigenvalue weighted by molar-refractivity contribution is 6.33. The van der Waals surface area contributed by atoms with Gasteiger partial charge in [0, 0.05) is 33.3 Å². The van der Waals surface area contributed by atoms with Gasteiger partial charge in [-0.3, -0.25) is 0 Å². The Kier molecular flexibility index (Phi) is 5.49. The third kappa shape index (κ3) is 3.85. The van der Waals surface area contributed by atoms with Gasteiger partial charge in [-0.15, -0.1) is 0 Å². The van der Waals surface area contributed by atoms with Crippen LogP contribution in [0.1, 0.15) is 18.9 Å². The summed E-state index contributed by atoms with van der Waals surface area (Å²) in [6.45, 7) is 6.94. The third-order valence-electron chi connectivity index (χ3n) is 3.61. The lowest BCUT2D eigenvalue weighted by atomic mass is 10.1. The van der Waals surface area contributed by atoms with E-state index < -0.39 is 0 Å². The second-order valence-electron chi connectivity index (χ2n) is 5.26. The SMILES string of the molecule is COCCNCc1cccc(Cl)c1N1CCC(C)C1. The molecule has 3 nitrogen and oxygen atoms in total. The van der Waals surface area contributed by atoms with E-state index in [1.807, 2.05) is 12.1 Å². The lowest BCUT2D eigenvalue weighted by molar-refractivity contribution is 0.199. The number of anilines is 1. The molecule has 1 N–H and O–H groups in total. The van der Waals surface area contributed by atoms with Crippen molar-refractivity contribution in [1.29, 1.82) is 0 Å². The number of para-hydroxylation sites is 1. The molecule has 1 heterocycles. The van der Waals surface area contributed by atoms with Crippen molar-refractivity contribution in [2.75, 3.05) is 38.3 Å². The maximum Gasteiger partial charge on any atom is 0.0642 e. The fraction of sp³-hybridized carbons (Fsp3) is 0.600. The molecular weight excluding hydrogens is 260 g/mol. The lowest BCUT2D eigenvalue weighted by Crippen LogP contribution is -2.24. The molecule has 0 radical (unpaired) electrons. The zero-order valence-electron chi connectivity index (χ0n) is 11.8. The Labute approximate surface area is 120 Å². The minimum absolute atomic E-state index is 0.733. The van der Waals surface area contributed by atoms with Gasteiger partial charge in [-0.2, -0.15) is 0 Å². The van der Waals surface area contributed by atoms with E-state index >= 15 is 0 Å². The standard InChI is InChI=1S/C15H23ClN2O/c1-12-6-8-18(11-12)15-13(4-3-5-14(15)16)10-17-7-9-19-2/h3-5,12,17H,6-11H2,1-2H3. The van der Waals surface area contributed by atoms with Crippen molar-refractivity contribution in [3.05, 3.63) is 28.8 Å². The highest BCUT2D eigenvalue weighted by atomic mass is 35.5. The van der Waals surface area contributed by atoms with Gasteiger partial charge >= 0.3 is 0 Å². The summed E-state index contributed by atoms with van der Waals surface area (Å²) >= 11 is 6.40.